The van der Waals surface area contributed by atoms with Gasteiger partial charge in [-0.1, -0.05) is 23.7 Å². The van der Waals surface area contributed by atoms with Crippen LogP contribution in [0.4, 0.5) is 5.82 Å². The molecule has 102 valence electrons. The third-order valence-corrected chi connectivity index (χ3v) is 4.17. The van der Waals surface area contributed by atoms with Gasteiger partial charge in [-0.2, -0.15) is 5.26 Å². The highest BCUT2D eigenvalue weighted by molar-refractivity contribution is 7.92. The molecule has 0 unspecified atom stereocenters. The smallest absolute Gasteiger partial charge is 0.262 e. The topological polar surface area (TPSA) is 82.8 Å². The molecule has 0 spiro atoms. The van der Waals surface area contributed by atoms with E-state index in [0.29, 0.717) is 0 Å². The van der Waals surface area contributed by atoms with Gasteiger partial charge in [-0.25, -0.2) is 13.4 Å². The number of hydrogen-bond donors (Lipinski definition) is 1. The van der Waals surface area contributed by atoms with Gasteiger partial charge in [0.25, 0.3) is 10.0 Å². The molecule has 0 aliphatic heterocycles. The zero-order valence-electron chi connectivity index (χ0n) is 10.2. The number of rotatable bonds is 4. The number of halogens is 1. The van der Waals surface area contributed by atoms with Gasteiger partial charge in [0, 0.05) is 6.20 Å². The molecule has 0 saturated heterocycles. The average Bonchev–Trinajstić information content (AvgIpc) is 2.42. The van der Waals surface area contributed by atoms with Crippen molar-refractivity contribution in [2.45, 2.75) is 11.3 Å². The van der Waals surface area contributed by atoms with Gasteiger partial charge in [0.15, 0.2) is 5.82 Å². The molecule has 0 aliphatic rings. The first-order chi connectivity index (χ1) is 9.53. The van der Waals surface area contributed by atoms with E-state index in [4.69, 9.17) is 16.9 Å². The summed E-state index contributed by atoms with van der Waals surface area (Å²) in [5, 5.41) is 8.79. The molecule has 0 atom stereocenters. The van der Waals surface area contributed by atoms with Crippen LogP contribution >= 0.6 is 11.6 Å². The van der Waals surface area contributed by atoms with Crippen LogP contribution in [-0.2, 0) is 16.4 Å². The van der Waals surface area contributed by atoms with Crippen LogP contribution < -0.4 is 4.72 Å². The largest absolute Gasteiger partial charge is 0.263 e. The minimum absolute atomic E-state index is 0.0790. The second-order valence-electron chi connectivity index (χ2n) is 3.92. The number of benzene rings is 1. The summed E-state index contributed by atoms with van der Waals surface area (Å²) in [7, 11) is -3.75. The van der Waals surface area contributed by atoms with Crippen molar-refractivity contribution < 1.29 is 8.42 Å². The number of aromatic nitrogens is 1. The number of sulfonamides is 1. The van der Waals surface area contributed by atoms with Crippen molar-refractivity contribution in [2.24, 2.45) is 0 Å². The maximum absolute atomic E-state index is 12.1. The molecular formula is C13H10ClN3O2S. The summed E-state index contributed by atoms with van der Waals surface area (Å²) >= 11 is 5.86. The van der Waals surface area contributed by atoms with Gasteiger partial charge in [-0.15, -0.1) is 0 Å². The lowest BCUT2D eigenvalue weighted by molar-refractivity contribution is 0.601. The van der Waals surface area contributed by atoms with Gasteiger partial charge in [0.05, 0.1) is 22.4 Å². The molecule has 1 aromatic heterocycles. The van der Waals surface area contributed by atoms with Crippen molar-refractivity contribution in [2.75, 3.05) is 4.72 Å². The number of anilines is 1. The monoisotopic (exact) mass is 307 g/mol. The molecule has 5 nitrogen and oxygen atoms in total. The summed E-state index contributed by atoms with van der Waals surface area (Å²) in [5.41, 5.74) is 0.752. The van der Waals surface area contributed by atoms with Crippen molar-refractivity contribution in [3.63, 3.8) is 0 Å². The first-order valence-corrected chi connectivity index (χ1v) is 7.48. The predicted molar refractivity (Wildman–Crippen MR) is 75.8 cm³/mol. The fraction of sp³-hybridized carbons (Fsp3) is 0.0769. The van der Waals surface area contributed by atoms with Gasteiger partial charge in [0.1, 0.15) is 0 Å². The van der Waals surface area contributed by atoms with Crippen LogP contribution in [0.1, 0.15) is 5.56 Å². The summed E-state index contributed by atoms with van der Waals surface area (Å²) < 4.78 is 26.6. The predicted octanol–water partition coefficient (Wildman–Crippen LogP) is 2.60. The van der Waals surface area contributed by atoms with E-state index < -0.39 is 10.0 Å². The minimum atomic E-state index is -3.75. The Bertz CT molecular complexity index is 752. The Morgan fingerprint density at radius 2 is 1.95 bits per heavy atom. The van der Waals surface area contributed by atoms with E-state index in [-0.39, 0.29) is 22.2 Å². The highest BCUT2D eigenvalue weighted by atomic mass is 35.5. The Morgan fingerprint density at radius 3 is 2.55 bits per heavy atom. The van der Waals surface area contributed by atoms with E-state index in [1.165, 1.54) is 18.3 Å². The lowest BCUT2D eigenvalue weighted by Crippen LogP contribution is -2.14. The van der Waals surface area contributed by atoms with E-state index in [1.807, 2.05) is 6.07 Å². The van der Waals surface area contributed by atoms with Crippen LogP contribution in [0.15, 0.2) is 47.5 Å². The fourth-order valence-electron chi connectivity index (χ4n) is 1.52. The molecule has 0 amide bonds. The van der Waals surface area contributed by atoms with Crippen LogP contribution in [0.3, 0.4) is 0 Å². The molecule has 7 heteroatoms. The Hall–Kier alpha value is -2.10. The maximum atomic E-state index is 12.1. The molecule has 2 aromatic rings. The summed E-state index contributed by atoms with van der Waals surface area (Å²) in [6.07, 6.45) is 1.68. The summed E-state index contributed by atoms with van der Waals surface area (Å²) in [5.74, 6) is 0.0790. The number of hydrogen-bond acceptors (Lipinski definition) is 4. The average molecular weight is 308 g/mol. The van der Waals surface area contributed by atoms with Crippen LogP contribution in [0.5, 0.6) is 0 Å². The van der Waals surface area contributed by atoms with Gasteiger partial charge in [-0.05, 0) is 29.8 Å². The highest BCUT2D eigenvalue weighted by Gasteiger charge is 2.16. The highest BCUT2D eigenvalue weighted by Crippen LogP contribution is 2.21. The summed E-state index contributed by atoms with van der Waals surface area (Å²) in [4.78, 5) is 3.95. The Morgan fingerprint density at radius 1 is 1.25 bits per heavy atom. The second kappa shape index (κ2) is 5.90. The van der Waals surface area contributed by atoms with E-state index in [2.05, 4.69) is 9.71 Å². The first kappa shape index (κ1) is 14.3. The molecular weight excluding hydrogens is 298 g/mol. The fourth-order valence-corrected chi connectivity index (χ4v) is 2.78. The first-order valence-electron chi connectivity index (χ1n) is 5.62. The number of pyridine rings is 1. The molecule has 1 aromatic carbocycles. The zero-order valence-corrected chi connectivity index (χ0v) is 11.8. The number of nitrogens with zero attached hydrogens (tertiary/aromatic N) is 2. The van der Waals surface area contributed by atoms with E-state index in [0.717, 1.165) is 5.56 Å². The number of nitriles is 1. The van der Waals surface area contributed by atoms with Gasteiger partial charge in [0.2, 0.25) is 0 Å². The maximum Gasteiger partial charge on any atom is 0.263 e. The summed E-state index contributed by atoms with van der Waals surface area (Å²) in [6, 6.07) is 11.2. The summed E-state index contributed by atoms with van der Waals surface area (Å²) in [6.45, 7) is 0. The van der Waals surface area contributed by atoms with Crippen molar-refractivity contribution in [3.05, 3.63) is 53.2 Å². The van der Waals surface area contributed by atoms with Crippen molar-refractivity contribution >= 4 is 27.4 Å². The minimum Gasteiger partial charge on any atom is -0.262 e. The third-order valence-electron chi connectivity index (χ3n) is 2.51. The molecule has 0 bridgehead atoms. The van der Waals surface area contributed by atoms with Crippen molar-refractivity contribution in [3.8, 4) is 6.07 Å². The van der Waals surface area contributed by atoms with Crippen LogP contribution in [0.2, 0.25) is 5.02 Å². The van der Waals surface area contributed by atoms with E-state index in [1.54, 1.807) is 24.3 Å². The van der Waals surface area contributed by atoms with Crippen molar-refractivity contribution in [1.82, 2.24) is 4.98 Å². The van der Waals surface area contributed by atoms with Gasteiger partial charge < -0.3 is 0 Å². The third kappa shape index (κ3) is 3.26. The molecule has 20 heavy (non-hydrogen) atoms. The Kier molecular flexibility index (Phi) is 4.23. The van der Waals surface area contributed by atoms with E-state index >= 15 is 0 Å². The molecule has 0 fully saturated rings. The van der Waals surface area contributed by atoms with Gasteiger partial charge in [-0.3, -0.25) is 4.72 Å². The lowest BCUT2D eigenvalue weighted by atomic mass is 10.2. The second-order valence-corrected chi connectivity index (χ2v) is 6.01. The molecule has 1 N–H and O–H groups in total. The Balaban J connectivity index is 2.27. The van der Waals surface area contributed by atoms with Crippen molar-refractivity contribution in [1.29, 1.82) is 5.26 Å². The normalized spacial score (nSPS) is 10.8. The Labute approximate surface area is 121 Å². The van der Waals surface area contributed by atoms with Crippen LogP contribution in [-0.4, -0.2) is 13.4 Å². The van der Waals surface area contributed by atoms with E-state index in [9.17, 15) is 8.42 Å². The molecule has 0 aliphatic carbocycles. The molecule has 0 saturated carbocycles. The van der Waals surface area contributed by atoms with Crippen LogP contribution in [0.25, 0.3) is 0 Å². The van der Waals surface area contributed by atoms with Crippen LogP contribution in [0, 0.1) is 11.3 Å². The van der Waals surface area contributed by atoms with Gasteiger partial charge >= 0.3 is 0 Å². The lowest BCUT2D eigenvalue weighted by Gasteiger charge is -2.08. The molecule has 0 radical (unpaired) electrons. The standard InChI is InChI=1S/C13H10ClN3O2S/c14-12-2-1-9-16-13(12)17-20(18,19)11-5-3-10(4-6-11)7-8-15/h1-6,9H,7H2,(H,16,17). The molecule has 2 rings (SSSR count). The molecule has 1 heterocycles. The SMILES string of the molecule is N#CCc1ccc(S(=O)(=O)Nc2ncccc2Cl)cc1. The zero-order chi connectivity index (χ0) is 14.6. The quantitative estimate of drug-likeness (QED) is 0.941. The number of nitrogens with one attached hydrogen (secondary N) is 1.